The van der Waals surface area contributed by atoms with Crippen LogP contribution in [-0.4, -0.2) is 38.1 Å². The molecule has 8 nitrogen and oxygen atoms in total. The molecule has 11 heteroatoms. The lowest BCUT2D eigenvalue weighted by Gasteiger charge is -2.06. The summed E-state index contributed by atoms with van der Waals surface area (Å²) in [5.41, 5.74) is 0.896. The Bertz CT molecular complexity index is 1210. The van der Waals surface area contributed by atoms with E-state index in [1.165, 1.54) is 10.6 Å². The molecular weight excluding hydrogens is 436 g/mol. The predicted molar refractivity (Wildman–Crippen MR) is 109 cm³/mol. The summed E-state index contributed by atoms with van der Waals surface area (Å²) in [6, 6.07) is 7.87. The van der Waals surface area contributed by atoms with E-state index in [9.17, 15) is 18.0 Å². The Balaban J connectivity index is 2.17. The van der Waals surface area contributed by atoms with Crippen molar-refractivity contribution in [3.63, 3.8) is 0 Å². The van der Waals surface area contributed by atoms with Crippen LogP contribution in [0.5, 0.6) is 0 Å². The van der Waals surface area contributed by atoms with Crippen LogP contribution in [0.15, 0.2) is 44.3 Å². The molecule has 0 bridgehead atoms. The normalized spacial score (nSPS) is 12.3. The van der Waals surface area contributed by atoms with Gasteiger partial charge in [0.05, 0.1) is 29.0 Å². The van der Waals surface area contributed by atoms with Crippen LogP contribution in [0.1, 0.15) is 24.2 Å². The van der Waals surface area contributed by atoms with Gasteiger partial charge < -0.3 is 14.0 Å². The lowest BCUT2D eigenvalue weighted by Crippen LogP contribution is -2.23. The van der Waals surface area contributed by atoms with Crippen molar-refractivity contribution in [3.8, 4) is 0 Å². The van der Waals surface area contributed by atoms with Gasteiger partial charge in [0.25, 0.3) is 10.0 Å². The Labute approximate surface area is 175 Å². The standard InChI is InChI=1S/C18H18N2O6S3/c1-3-25-15(21)11-20-13-8-7-12(17(22)26-4-2)10-14(13)28-18(20)19-29(23,24)16-6-5-9-27-16/h5-10H,3-4,11H2,1-2H3. The second kappa shape index (κ2) is 8.89. The highest BCUT2D eigenvalue weighted by Crippen LogP contribution is 2.22. The van der Waals surface area contributed by atoms with E-state index >= 15 is 0 Å². The van der Waals surface area contributed by atoms with Crippen molar-refractivity contribution in [2.45, 2.75) is 24.6 Å². The lowest BCUT2D eigenvalue weighted by molar-refractivity contribution is -0.143. The van der Waals surface area contributed by atoms with Gasteiger partial charge in [-0.1, -0.05) is 17.4 Å². The number of rotatable bonds is 7. The van der Waals surface area contributed by atoms with Crippen molar-refractivity contribution in [1.29, 1.82) is 0 Å². The maximum absolute atomic E-state index is 12.6. The van der Waals surface area contributed by atoms with Crippen molar-refractivity contribution in [3.05, 3.63) is 46.1 Å². The van der Waals surface area contributed by atoms with Crippen LogP contribution in [0.3, 0.4) is 0 Å². The molecule has 0 unspecified atom stereocenters. The molecule has 2 aromatic heterocycles. The van der Waals surface area contributed by atoms with Gasteiger partial charge in [-0.2, -0.15) is 8.42 Å². The Kier molecular flexibility index (Phi) is 6.50. The van der Waals surface area contributed by atoms with Gasteiger partial charge in [-0.05, 0) is 43.5 Å². The van der Waals surface area contributed by atoms with E-state index in [1.807, 2.05) is 0 Å². The van der Waals surface area contributed by atoms with E-state index in [1.54, 1.807) is 43.5 Å². The number of aromatic nitrogens is 1. The van der Waals surface area contributed by atoms with Gasteiger partial charge >= 0.3 is 11.9 Å². The fourth-order valence-electron chi connectivity index (χ4n) is 2.53. The summed E-state index contributed by atoms with van der Waals surface area (Å²) in [5, 5.41) is 1.64. The summed E-state index contributed by atoms with van der Waals surface area (Å²) in [6.45, 7) is 3.64. The molecule has 154 valence electrons. The van der Waals surface area contributed by atoms with Gasteiger partial charge in [0.2, 0.25) is 4.80 Å². The van der Waals surface area contributed by atoms with Crippen molar-refractivity contribution in [1.82, 2.24) is 4.57 Å². The second-order valence-corrected chi connectivity index (χ2v) is 9.46. The number of hydrogen-bond acceptors (Lipinski definition) is 8. The van der Waals surface area contributed by atoms with Crippen molar-refractivity contribution >= 4 is 54.9 Å². The van der Waals surface area contributed by atoms with Crippen LogP contribution in [0.25, 0.3) is 10.2 Å². The zero-order valence-corrected chi connectivity index (χ0v) is 18.1. The molecule has 0 spiro atoms. The molecule has 0 saturated heterocycles. The number of sulfonamides is 1. The number of fused-ring (bicyclic) bond motifs is 1. The van der Waals surface area contributed by atoms with Crippen LogP contribution in [-0.2, 0) is 30.8 Å². The number of thiazole rings is 1. The van der Waals surface area contributed by atoms with E-state index in [0.717, 1.165) is 22.7 Å². The Hall–Kier alpha value is -2.50. The third kappa shape index (κ3) is 4.74. The molecule has 0 radical (unpaired) electrons. The Morgan fingerprint density at radius 3 is 2.55 bits per heavy atom. The first-order valence-corrected chi connectivity index (χ1v) is 11.8. The van der Waals surface area contributed by atoms with Gasteiger partial charge in [0.15, 0.2) is 0 Å². The van der Waals surface area contributed by atoms with E-state index in [4.69, 9.17) is 9.47 Å². The molecule has 0 saturated carbocycles. The predicted octanol–water partition coefficient (Wildman–Crippen LogP) is 2.79. The molecule has 0 amide bonds. The molecule has 0 N–H and O–H groups in total. The van der Waals surface area contributed by atoms with E-state index in [-0.39, 0.29) is 28.8 Å². The van der Waals surface area contributed by atoms with Gasteiger partial charge in [0.1, 0.15) is 10.8 Å². The number of esters is 2. The second-order valence-electron chi connectivity index (χ2n) is 5.68. The first-order valence-electron chi connectivity index (χ1n) is 8.66. The third-order valence-corrected chi connectivity index (χ3v) is 7.53. The number of benzene rings is 1. The third-order valence-electron chi connectivity index (χ3n) is 3.73. The monoisotopic (exact) mass is 454 g/mol. The summed E-state index contributed by atoms with van der Waals surface area (Å²) in [7, 11) is -3.93. The van der Waals surface area contributed by atoms with E-state index in [2.05, 4.69) is 4.40 Å². The topological polar surface area (TPSA) is 104 Å². The summed E-state index contributed by atoms with van der Waals surface area (Å²) >= 11 is 2.12. The number of carbonyl (C=O) groups excluding carboxylic acids is 2. The van der Waals surface area contributed by atoms with Crippen molar-refractivity contribution in [2.75, 3.05) is 13.2 Å². The van der Waals surface area contributed by atoms with Crippen LogP contribution >= 0.6 is 22.7 Å². The van der Waals surface area contributed by atoms with E-state index in [0.29, 0.717) is 15.8 Å². The summed E-state index contributed by atoms with van der Waals surface area (Å²) in [5.74, 6) is -0.999. The fraction of sp³-hybridized carbons (Fsp3) is 0.278. The lowest BCUT2D eigenvalue weighted by atomic mass is 10.2. The van der Waals surface area contributed by atoms with Gasteiger partial charge in [-0.25, -0.2) is 4.79 Å². The minimum Gasteiger partial charge on any atom is -0.465 e. The minimum atomic E-state index is -3.93. The molecule has 0 aliphatic heterocycles. The molecule has 29 heavy (non-hydrogen) atoms. The van der Waals surface area contributed by atoms with E-state index < -0.39 is 22.0 Å². The highest BCUT2D eigenvalue weighted by Gasteiger charge is 2.18. The van der Waals surface area contributed by atoms with Gasteiger partial charge in [-0.15, -0.1) is 15.7 Å². The summed E-state index contributed by atoms with van der Waals surface area (Å²) in [4.78, 5) is 24.2. The number of ether oxygens (including phenoxy) is 2. The molecule has 0 atom stereocenters. The average molecular weight is 455 g/mol. The number of hydrogen-bond donors (Lipinski definition) is 0. The van der Waals surface area contributed by atoms with Gasteiger partial charge in [0, 0.05) is 0 Å². The highest BCUT2D eigenvalue weighted by atomic mass is 32.2. The zero-order valence-electron chi connectivity index (χ0n) is 15.7. The van der Waals surface area contributed by atoms with Crippen molar-refractivity contribution < 1.29 is 27.5 Å². The average Bonchev–Trinajstić information content (AvgIpc) is 3.31. The molecule has 1 aromatic carbocycles. The first kappa shape index (κ1) is 21.2. The Morgan fingerprint density at radius 1 is 1.14 bits per heavy atom. The molecule has 2 heterocycles. The largest absolute Gasteiger partial charge is 0.465 e. The summed E-state index contributed by atoms with van der Waals surface area (Å²) < 4.78 is 41.3. The molecule has 0 aliphatic carbocycles. The van der Waals surface area contributed by atoms with Gasteiger partial charge in [-0.3, -0.25) is 4.79 Å². The highest BCUT2D eigenvalue weighted by molar-refractivity contribution is 7.92. The Morgan fingerprint density at radius 2 is 1.90 bits per heavy atom. The zero-order chi connectivity index (χ0) is 21.0. The van der Waals surface area contributed by atoms with Crippen LogP contribution in [0.4, 0.5) is 0 Å². The van der Waals surface area contributed by atoms with Crippen molar-refractivity contribution in [2.24, 2.45) is 4.40 Å². The number of thiophene rings is 1. The quantitative estimate of drug-likeness (QED) is 0.509. The smallest absolute Gasteiger partial charge is 0.338 e. The maximum atomic E-state index is 12.6. The molecule has 0 fully saturated rings. The minimum absolute atomic E-state index is 0.102. The van der Waals surface area contributed by atoms with Crippen LogP contribution in [0.2, 0.25) is 0 Å². The first-order chi connectivity index (χ1) is 13.9. The fourth-order valence-corrected chi connectivity index (χ4v) is 5.77. The van der Waals surface area contributed by atoms with Crippen LogP contribution in [0, 0.1) is 0 Å². The number of nitrogens with zero attached hydrogens (tertiary/aromatic N) is 2. The number of carbonyl (C=O) groups is 2. The maximum Gasteiger partial charge on any atom is 0.338 e. The van der Waals surface area contributed by atoms with Crippen LogP contribution < -0.4 is 4.80 Å². The molecular formula is C18H18N2O6S3. The molecule has 3 rings (SSSR count). The molecule has 0 aliphatic rings. The molecule has 3 aromatic rings. The SMILES string of the molecule is CCOC(=O)Cn1c(=NS(=O)(=O)c2cccs2)sc2cc(C(=O)OCC)ccc21. The summed E-state index contributed by atoms with van der Waals surface area (Å²) in [6.07, 6.45) is 0.